The number of fused-ring (bicyclic) bond motifs is 7. The summed E-state index contributed by atoms with van der Waals surface area (Å²) in [5.74, 6) is 0. The van der Waals surface area contributed by atoms with E-state index in [9.17, 15) is 13.7 Å². The highest BCUT2D eigenvalue weighted by atomic mass is 16.3. The molecule has 0 saturated heterocycles. The third kappa shape index (κ3) is 3.90. The first kappa shape index (κ1) is 10.7. The largest absolute Gasteiger partial charge is 0.456 e. The van der Waals surface area contributed by atoms with Crippen LogP contribution in [0.2, 0.25) is 0 Å². The van der Waals surface area contributed by atoms with Crippen molar-refractivity contribution in [2.75, 3.05) is 0 Å². The first-order valence-electron chi connectivity index (χ1n) is 27.9. The predicted molar refractivity (Wildman–Crippen MR) is 200 cm³/mol. The number of hydrogen-bond donors (Lipinski definition) is 0. The van der Waals surface area contributed by atoms with Crippen LogP contribution in [0.5, 0.6) is 0 Å². The zero-order valence-electron chi connectivity index (χ0n) is 51.4. The van der Waals surface area contributed by atoms with Crippen LogP contribution in [0, 0.1) is 0 Å². The molecule has 0 fully saturated rings. The SMILES string of the molecule is [2H]c1c([2H])c([2H])c2c(oc3c([2H])c([2H])c([2H])c(-c4c([2H])c([2H])c5c(-c6c([2H])c([2H])c([2H])c7c([2H])c([2H])c([2H])c([2H])c67)c6c([2H])c([2H])c([2H])c([2H])c6c(-c6c([2H])c([2H])c([2H])c7c([2H])c([2H])c([2H])c([2H])c67)c5c4[2H])c32)c1[2H]. The second-order valence-corrected chi connectivity index (χ2v) is 10.3. The maximum Gasteiger partial charge on any atom is 0.136 e. The van der Waals surface area contributed by atoms with E-state index in [4.69, 9.17) is 29.1 Å². The Morgan fingerprint density at radius 3 is 1.49 bits per heavy atom. The van der Waals surface area contributed by atoms with Crippen LogP contribution in [0.3, 0.4) is 0 Å². The molecule has 1 nitrogen and oxygen atoms in total. The van der Waals surface area contributed by atoms with Crippen LogP contribution in [-0.4, -0.2) is 0 Å². The highest BCUT2D eigenvalue weighted by Crippen LogP contribution is 2.48. The maximum atomic E-state index is 10.4. The zero-order valence-corrected chi connectivity index (χ0v) is 23.4. The summed E-state index contributed by atoms with van der Waals surface area (Å²) >= 11 is 0. The van der Waals surface area contributed by atoms with Crippen LogP contribution >= 0.6 is 0 Å². The van der Waals surface area contributed by atoms with E-state index in [2.05, 4.69) is 0 Å². The lowest BCUT2D eigenvalue weighted by Crippen LogP contribution is -1.93. The molecule has 218 valence electrons. The quantitative estimate of drug-likeness (QED) is 0.178. The van der Waals surface area contributed by atoms with Crippen LogP contribution in [0.1, 0.15) is 38.4 Å². The van der Waals surface area contributed by atoms with Gasteiger partial charge in [0.1, 0.15) is 11.2 Å². The highest BCUT2D eigenvalue weighted by molar-refractivity contribution is 6.26. The molecule has 0 saturated carbocycles. The van der Waals surface area contributed by atoms with Crippen molar-refractivity contribution in [3.8, 4) is 33.4 Å². The fourth-order valence-electron chi connectivity index (χ4n) is 5.89. The number of furan rings is 1. The first-order chi connectivity index (χ1) is 35.0. The number of benzene rings is 9. The normalized spacial score (nSPS) is 20.2. The molecule has 0 radical (unpaired) electrons. The minimum Gasteiger partial charge on any atom is -0.456 e. The van der Waals surface area contributed by atoms with Gasteiger partial charge < -0.3 is 4.42 Å². The summed E-state index contributed by atoms with van der Waals surface area (Å²) in [6.45, 7) is 0. The van der Waals surface area contributed by atoms with Gasteiger partial charge in [-0.15, -0.1) is 0 Å². The molecule has 9 aromatic carbocycles. The summed E-state index contributed by atoms with van der Waals surface area (Å²) in [5, 5.41) is -7.14. The smallest absolute Gasteiger partial charge is 0.136 e. The second-order valence-electron chi connectivity index (χ2n) is 10.3. The van der Waals surface area contributed by atoms with Crippen LogP contribution in [0.15, 0.2) is 174 Å². The van der Waals surface area contributed by atoms with Gasteiger partial charge in [-0.3, -0.25) is 0 Å². The van der Waals surface area contributed by atoms with Crippen LogP contribution < -0.4 is 0 Å². The van der Waals surface area contributed by atoms with E-state index in [0.717, 1.165) is 0 Å². The van der Waals surface area contributed by atoms with Crippen molar-refractivity contribution in [2.24, 2.45) is 0 Å². The zero-order chi connectivity index (χ0) is 55.3. The Morgan fingerprint density at radius 1 is 0.340 bits per heavy atom. The van der Waals surface area contributed by atoms with Gasteiger partial charge in [0.05, 0.1) is 38.4 Å². The molecular formula is C46H28O. The van der Waals surface area contributed by atoms with Crippen LogP contribution in [0.25, 0.3) is 98.4 Å². The molecule has 0 aliphatic heterocycles. The van der Waals surface area contributed by atoms with Crippen molar-refractivity contribution in [3.63, 3.8) is 0 Å². The Labute approximate surface area is 311 Å². The van der Waals surface area contributed by atoms with Crippen molar-refractivity contribution in [1.29, 1.82) is 0 Å². The van der Waals surface area contributed by atoms with E-state index < -0.39 is 268 Å². The minimum atomic E-state index is -1.12. The lowest BCUT2D eigenvalue weighted by atomic mass is 9.82. The van der Waals surface area contributed by atoms with Gasteiger partial charge in [0, 0.05) is 10.8 Å². The Bertz CT molecular complexity index is 4430. The van der Waals surface area contributed by atoms with Crippen molar-refractivity contribution in [3.05, 3.63) is 169 Å². The third-order valence-corrected chi connectivity index (χ3v) is 7.82. The monoisotopic (exact) mass is 624 g/mol. The number of hydrogen-bond acceptors (Lipinski definition) is 1. The van der Waals surface area contributed by atoms with E-state index in [0.29, 0.717) is 0 Å². The van der Waals surface area contributed by atoms with Gasteiger partial charge in [-0.25, -0.2) is 0 Å². The maximum absolute atomic E-state index is 10.4. The van der Waals surface area contributed by atoms with Crippen molar-refractivity contribution in [2.45, 2.75) is 0 Å². The molecule has 1 heterocycles. The van der Waals surface area contributed by atoms with Gasteiger partial charge in [0.25, 0.3) is 0 Å². The summed E-state index contributed by atoms with van der Waals surface area (Å²) in [6, 6.07) is -26.9. The van der Waals surface area contributed by atoms with Gasteiger partial charge in [-0.2, -0.15) is 0 Å². The Hall–Kier alpha value is -6.18. The highest BCUT2D eigenvalue weighted by Gasteiger charge is 2.21. The van der Waals surface area contributed by atoms with Gasteiger partial charge in [-0.05, 0) is 94.6 Å². The second kappa shape index (κ2) is 10.2. The molecule has 1 heteroatoms. The standard InChI is InChI=1S/C46H28O/c1-3-16-32-29(12-1)14-9-22-35(32)44-37-18-5-6-19-38(37)45(36-23-10-15-30-13-2-4-17-33(30)36)41-28-31(26-27-39(41)44)34-21-11-25-43-46(34)40-20-7-8-24-42(40)47-43/h1-28H/i1D,2D,3D,4D,5D,6D,7D,8D,9D,10D,11D,12D,13D,14D,15D,16D,17D,18D,19D,20D,21D,22D,23D,24D,25D,26D,27D,28D. The molecule has 1 aromatic heterocycles. The summed E-state index contributed by atoms with van der Waals surface area (Å²) in [4.78, 5) is 0. The molecule has 10 aromatic rings. The fourth-order valence-corrected chi connectivity index (χ4v) is 5.89. The first-order valence-corrected chi connectivity index (χ1v) is 13.9. The Balaban J connectivity index is 1.65. The Morgan fingerprint density at radius 2 is 0.809 bits per heavy atom. The molecule has 0 N–H and O–H groups in total. The van der Waals surface area contributed by atoms with Crippen molar-refractivity contribution >= 4 is 65.0 Å². The van der Waals surface area contributed by atoms with Gasteiger partial charge in [-0.1, -0.05) is 151 Å². The molecule has 0 aliphatic rings. The lowest BCUT2D eigenvalue weighted by molar-refractivity contribution is 0.669. The van der Waals surface area contributed by atoms with E-state index >= 15 is 0 Å². The Kier molecular flexibility index (Phi) is 2.31. The van der Waals surface area contributed by atoms with Crippen LogP contribution in [-0.2, 0) is 0 Å². The molecule has 0 aliphatic carbocycles. The molecule has 0 atom stereocenters. The third-order valence-electron chi connectivity index (χ3n) is 7.82. The molecule has 10 rings (SSSR count). The topological polar surface area (TPSA) is 13.1 Å². The fraction of sp³-hybridized carbons (Fsp3) is 0. The molecule has 0 amide bonds. The molecule has 47 heavy (non-hydrogen) atoms. The molecule has 0 unspecified atom stereocenters. The van der Waals surface area contributed by atoms with Crippen molar-refractivity contribution < 1.29 is 42.8 Å². The molecular weight excluding hydrogens is 569 g/mol. The molecule has 0 bridgehead atoms. The summed E-state index contributed by atoms with van der Waals surface area (Å²) < 4.78 is 260. The van der Waals surface area contributed by atoms with Gasteiger partial charge in [0.15, 0.2) is 0 Å². The van der Waals surface area contributed by atoms with Crippen LogP contribution in [0.4, 0.5) is 0 Å². The average Bonchev–Trinajstić information content (AvgIpc) is 3.83. The number of rotatable bonds is 3. The van der Waals surface area contributed by atoms with Crippen molar-refractivity contribution in [1.82, 2.24) is 0 Å². The van der Waals surface area contributed by atoms with Gasteiger partial charge >= 0.3 is 0 Å². The summed E-state index contributed by atoms with van der Waals surface area (Å²) in [5.41, 5.74) is -6.06. The van der Waals surface area contributed by atoms with E-state index in [1.54, 1.807) is 0 Å². The summed E-state index contributed by atoms with van der Waals surface area (Å²) in [6.07, 6.45) is 0. The predicted octanol–water partition coefficient (Wildman–Crippen LogP) is 13.2. The van der Waals surface area contributed by atoms with E-state index in [1.807, 2.05) is 0 Å². The molecule has 0 spiro atoms. The van der Waals surface area contributed by atoms with Gasteiger partial charge in [0.2, 0.25) is 0 Å². The number of para-hydroxylation sites is 1. The summed E-state index contributed by atoms with van der Waals surface area (Å²) in [7, 11) is 0. The minimum absolute atomic E-state index is 0.509. The average molecular weight is 625 g/mol. The lowest BCUT2D eigenvalue weighted by Gasteiger charge is -2.20. The van der Waals surface area contributed by atoms with E-state index in [1.165, 1.54) is 0 Å². The van der Waals surface area contributed by atoms with E-state index in [-0.39, 0.29) is 0 Å².